The maximum atomic E-state index is 12.6. The topological polar surface area (TPSA) is 75.3 Å². The minimum absolute atomic E-state index is 0. The maximum Gasteiger partial charge on any atom is 0.240 e. The Kier molecular flexibility index (Phi) is 27.8. The summed E-state index contributed by atoms with van der Waals surface area (Å²) in [6, 6.07) is -1.15. The molecule has 0 aliphatic carbocycles. The van der Waals surface area contributed by atoms with E-state index in [0.29, 0.717) is 12.8 Å². The minimum atomic E-state index is -0.585. The van der Waals surface area contributed by atoms with E-state index in [1.165, 1.54) is 0 Å². The molecule has 2 amide bonds. The summed E-state index contributed by atoms with van der Waals surface area (Å²) >= 11 is 0. The van der Waals surface area contributed by atoms with Crippen LogP contribution >= 0.6 is 0 Å². The number of rotatable bonds is 15. The fourth-order valence-electron chi connectivity index (χ4n) is 2.78. The quantitative estimate of drug-likeness (QED) is 0.232. The van der Waals surface area contributed by atoms with Gasteiger partial charge in [0.05, 0.1) is 0 Å². The largest absolute Gasteiger partial charge is 0.540 e. The predicted octanol–water partition coefficient (Wildman–Crippen LogP) is 4.89. The van der Waals surface area contributed by atoms with Crippen molar-refractivity contribution < 1.29 is 50.0 Å². The SMILES string of the molecule is CCCCCC([C-]=O)NC(=O)C(CCCCC)NC(=O)C(C)CCC.C[CH-]C.[La]. The maximum absolute atomic E-state index is 12.6. The van der Waals surface area contributed by atoms with Crippen LogP contribution in [-0.4, -0.2) is 30.2 Å². The Balaban J connectivity index is -0.00000158. The van der Waals surface area contributed by atoms with Crippen molar-refractivity contribution in [3.8, 4) is 0 Å². The molecule has 29 heavy (non-hydrogen) atoms. The molecule has 3 atom stereocenters. The molecular weight excluding hydrogens is 491 g/mol. The van der Waals surface area contributed by atoms with Crippen molar-refractivity contribution in [3.05, 3.63) is 6.42 Å². The van der Waals surface area contributed by atoms with Crippen LogP contribution in [0.5, 0.6) is 0 Å². The van der Waals surface area contributed by atoms with Gasteiger partial charge < -0.3 is 21.8 Å². The minimum Gasteiger partial charge on any atom is -0.540 e. The summed E-state index contributed by atoms with van der Waals surface area (Å²) in [5.74, 6) is -0.460. The Bertz CT molecular complexity index is 406. The van der Waals surface area contributed by atoms with Gasteiger partial charge in [-0.05, 0) is 12.8 Å². The van der Waals surface area contributed by atoms with E-state index >= 15 is 0 Å². The number of carbonyl (C=O) groups excluding carboxylic acids is 3. The number of unbranched alkanes of at least 4 members (excludes halogenated alkanes) is 4. The normalized spacial score (nSPS) is 13.0. The van der Waals surface area contributed by atoms with Crippen LogP contribution < -0.4 is 10.6 Å². The summed E-state index contributed by atoms with van der Waals surface area (Å²) in [6.07, 6.45) is 12.8. The Morgan fingerprint density at radius 1 is 0.828 bits per heavy atom. The van der Waals surface area contributed by atoms with E-state index in [4.69, 9.17) is 0 Å². The van der Waals surface area contributed by atoms with Crippen molar-refractivity contribution in [2.75, 3.05) is 0 Å². The number of amides is 2. The Labute approximate surface area is 207 Å². The summed E-state index contributed by atoms with van der Waals surface area (Å²) < 4.78 is 0. The molecule has 6 heteroatoms. The summed E-state index contributed by atoms with van der Waals surface area (Å²) in [5, 5.41) is 5.63. The van der Waals surface area contributed by atoms with Gasteiger partial charge in [-0.3, -0.25) is 9.59 Å². The number of hydrogen-bond acceptors (Lipinski definition) is 3. The molecule has 169 valence electrons. The molecule has 0 aromatic heterocycles. The van der Waals surface area contributed by atoms with Gasteiger partial charge in [0.15, 0.2) is 0 Å². The molecule has 3 unspecified atom stereocenters. The van der Waals surface area contributed by atoms with Crippen LogP contribution in [0.2, 0.25) is 0 Å². The van der Waals surface area contributed by atoms with Crippen molar-refractivity contribution in [3.63, 3.8) is 0 Å². The standard InChI is InChI=1S/C20H37N2O3.C3H7.La/c1-5-8-10-13-17(15-23)21-20(25)18(14-11-9-6-2)22-19(24)16(4)12-7-3;1-3-2;/h16-18H,5-14H2,1-4H3,(H,21,25)(H,22,24);3H,1-2H3;/q2*-1;. The number of hydrogen-bond donors (Lipinski definition) is 2. The third-order valence-corrected chi connectivity index (χ3v) is 4.45. The molecule has 0 rings (SSSR count). The molecule has 0 fully saturated rings. The molecule has 5 nitrogen and oxygen atoms in total. The smallest absolute Gasteiger partial charge is 0.240 e. The van der Waals surface area contributed by atoms with Gasteiger partial charge in [0.25, 0.3) is 0 Å². The zero-order chi connectivity index (χ0) is 21.8. The van der Waals surface area contributed by atoms with Crippen molar-refractivity contribution in [1.29, 1.82) is 0 Å². The van der Waals surface area contributed by atoms with E-state index in [9.17, 15) is 14.4 Å². The Morgan fingerprint density at radius 2 is 1.34 bits per heavy atom. The molecular formula is C23H44LaN2O3-2. The average Bonchev–Trinajstić information content (AvgIpc) is 2.67. The fourth-order valence-corrected chi connectivity index (χ4v) is 2.78. The second kappa shape index (κ2) is 24.1. The Hall–Kier alpha value is -0.195. The molecule has 2 N–H and O–H groups in total. The van der Waals surface area contributed by atoms with Crippen LogP contribution in [0.15, 0.2) is 0 Å². The molecule has 1 radical (unpaired) electrons. The first-order valence-corrected chi connectivity index (χ1v) is 11.1. The van der Waals surface area contributed by atoms with Gasteiger partial charge in [-0.25, -0.2) is 6.29 Å². The van der Waals surface area contributed by atoms with E-state index in [-0.39, 0.29) is 53.3 Å². The average molecular weight is 536 g/mol. The van der Waals surface area contributed by atoms with Crippen LogP contribution in [0.3, 0.4) is 0 Å². The molecule has 0 spiro atoms. The van der Waals surface area contributed by atoms with Gasteiger partial charge in [0, 0.05) is 41.5 Å². The first-order valence-electron chi connectivity index (χ1n) is 11.1. The van der Waals surface area contributed by atoms with Crippen LogP contribution in [0.4, 0.5) is 0 Å². The van der Waals surface area contributed by atoms with Gasteiger partial charge in [-0.2, -0.15) is 13.8 Å². The van der Waals surface area contributed by atoms with Gasteiger partial charge in [0.1, 0.15) is 6.04 Å². The second-order valence-corrected chi connectivity index (χ2v) is 7.50. The predicted molar refractivity (Wildman–Crippen MR) is 118 cm³/mol. The van der Waals surface area contributed by atoms with E-state index < -0.39 is 12.1 Å². The molecule has 0 aromatic rings. The van der Waals surface area contributed by atoms with Crippen LogP contribution in [0.1, 0.15) is 106 Å². The van der Waals surface area contributed by atoms with Crippen molar-refractivity contribution >= 4 is 18.1 Å². The van der Waals surface area contributed by atoms with E-state index in [1.54, 1.807) is 0 Å². The van der Waals surface area contributed by atoms with Gasteiger partial charge in [0.2, 0.25) is 11.8 Å². The molecule has 0 bridgehead atoms. The van der Waals surface area contributed by atoms with Crippen molar-refractivity contribution in [1.82, 2.24) is 10.6 Å². The second-order valence-electron chi connectivity index (χ2n) is 7.50. The van der Waals surface area contributed by atoms with Gasteiger partial charge in [-0.1, -0.05) is 85.1 Å². The Morgan fingerprint density at radius 3 is 1.79 bits per heavy atom. The molecule has 0 aliphatic rings. The zero-order valence-electron chi connectivity index (χ0n) is 19.7. The fraction of sp³-hybridized carbons (Fsp3) is 0.826. The number of carbonyl (C=O) groups is 2. The molecule has 0 aromatic carbocycles. The third-order valence-electron chi connectivity index (χ3n) is 4.45. The molecule has 0 saturated heterocycles. The van der Waals surface area contributed by atoms with Gasteiger partial charge in [-0.15, -0.1) is 0 Å². The van der Waals surface area contributed by atoms with E-state index in [1.807, 2.05) is 40.4 Å². The van der Waals surface area contributed by atoms with Crippen molar-refractivity contribution in [2.45, 2.75) is 118 Å². The number of nitrogens with one attached hydrogen (secondary N) is 2. The van der Waals surface area contributed by atoms with E-state index in [2.05, 4.69) is 24.5 Å². The monoisotopic (exact) mass is 535 g/mol. The van der Waals surface area contributed by atoms with Crippen LogP contribution in [0, 0.1) is 47.9 Å². The first-order chi connectivity index (χ1) is 13.4. The van der Waals surface area contributed by atoms with E-state index in [0.717, 1.165) is 51.4 Å². The van der Waals surface area contributed by atoms with Gasteiger partial charge >= 0.3 is 0 Å². The zero-order valence-corrected chi connectivity index (χ0v) is 23.3. The van der Waals surface area contributed by atoms with Crippen molar-refractivity contribution in [2.24, 2.45) is 5.92 Å². The van der Waals surface area contributed by atoms with Crippen LogP contribution in [0.25, 0.3) is 0 Å². The first kappa shape index (κ1) is 33.4. The molecule has 0 saturated carbocycles. The summed E-state index contributed by atoms with van der Waals surface area (Å²) in [5.41, 5.74) is 0. The molecule has 0 aliphatic heterocycles. The summed E-state index contributed by atoms with van der Waals surface area (Å²) in [6.45, 7) is 12.1. The summed E-state index contributed by atoms with van der Waals surface area (Å²) in [7, 11) is 0. The summed E-state index contributed by atoms with van der Waals surface area (Å²) in [4.78, 5) is 35.9. The third kappa shape index (κ3) is 19.5. The molecule has 0 heterocycles. The van der Waals surface area contributed by atoms with Crippen LogP contribution in [-0.2, 0) is 14.4 Å².